The van der Waals surface area contributed by atoms with Crippen LogP contribution in [-0.4, -0.2) is 34.1 Å². The van der Waals surface area contributed by atoms with Gasteiger partial charge in [0.25, 0.3) is 5.91 Å². The number of nitrogen functional groups attached to an aromatic ring is 1. The molecule has 1 rings (SSSR count). The van der Waals surface area contributed by atoms with Gasteiger partial charge in [0.1, 0.15) is 0 Å². The molecule has 0 radical (unpaired) electrons. The van der Waals surface area contributed by atoms with Gasteiger partial charge in [0.2, 0.25) is 0 Å². The summed E-state index contributed by atoms with van der Waals surface area (Å²) in [4.78, 5) is 13.7. The number of terminal acetylenes is 1. The number of hydrogen-bond acceptors (Lipinski definition) is 3. The summed E-state index contributed by atoms with van der Waals surface area (Å²) in [6.07, 6.45) is 6.80. The van der Waals surface area contributed by atoms with Crippen molar-refractivity contribution < 1.29 is 4.79 Å². The maximum Gasteiger partial charge on any atom is 0.277 e. The predicted molar refractivity (Wildman–Crippen MR) is 67.4 cm³/mol. The molecule has 0 unspecified atom stereocenters. The first-order chi connectivity index (χ1) is 8.15. The standard InChI is InChI=1S/C12H18N4O/c1-4-7-16(8-5-2)12(17)11-10(13)9(6-3)14-15-11/h1H,5-8,13H2,2-3H3,(H,14,15). The van der Waals surface area contributed by atoms with Gasteiger partial charge in [-0.25, -0.2) is 0 Å². The highest BCUT2D eigenvalue weighted by Gasteiger charge is 2.21. The first-order valence-electron chi connectivity index (χ1n) is 5.71. The topological polar surface area (TPSA) is 75.0 Å². The van der Waals surface area contributed by atoms with E-state index in [1.54, 1.807) is 4.90 Å². The van der Waals surface area contributed by atoms with Gasteiger partial charge in [0, 0.05) is 6.54 Å². The second-order valence-electron chi connectivity index (χ2n) is 3.75. The fraction of sp³-hybridized carbons (Fsp3) is 0.500. The van der Waals surface area contributed by atoms with E-state index < -0.39 is 0 Å². The van der Waals surface area contributed by atoms with Crippen LogP contribution < -0.4 is 5.73 Å². The van der Waals surface area contributed by atoms with Gasteiger partial charge in [0.05, 0.1) is 17.9 Å². The molecule has 0 spiro atoms. The van der Waals surface area contributed by atoms with Crippen molar-refractivity contribution in [1.82, 2.24) is 15.1 Å². The first kappa shape index (κ1) is 13.1. The largest absolute Gasteiger partial charge is 0.395 e. The molecule has 1 heterocycles. The molecule has 0 saturated carbocycles. The molecule has 1 aromatic heterocycles. The number of aryl methyl sites for hydroxylation is 1. The van der Waals surface area contributed by atoms with E-state index in [1.807, 2.05) is 13.8 Å². The third-order valence-corrected chi connectivity index (χ3v) is 2.50. The molecule has 3 N–H and O–H groups in total. The molecule has 5 nitrogen and oxygen atoms in total. The average Bonchev–Trinajstić information content (AvgIpc) is 2.69. The normalized spacial score (nSPS) is 9.94. The second kappa shape index (κ2) is 5.94. The van der Waals surface area contributed by atoms with Gasteiger partial charge >= 0.3 is 0 Å². The predicted octanol–water partition coefficient (Wildman–Crippen LogP) is 1.04. The third kappa shape index (κ3) is 2.78. The number of amides is 1. The summed E-state index contributed by atoms with van der Waals surface area (Å²) in [6, 6.07) is 0. The third-order valence-electron chi connectivity index (χ3n) is 2.50. The van der Waals surface area contributed by atoms with Crippen molar-refractivity contribution in [3.8, 4) is 12.3 Å². The molecule has 0 atom stereocenters. The zero-order valence-corrected chi connectivity index (χ0v) is 10.3. The molecular formula is C12H18N4O. The highest BCUT2D eigenvalue weighted by molar-refractivity contribution is 5.97. The molecule has 5 heteroatoms. The minimum atomic E-state index is -0.210. The lowest BCUT2D eigenvalue weighted by Crippen LogP contribution is -2.32. The van der Waals surface area contributed by atoms with Crippen molar-refractivity contribution in [3.05, 3.63) is 11.4 Å². The van der Waals surface area contributed by atoms with Crippen molar-refractivity contribution >= 4 is 11.6 Å². The van der Waals surface area contributed by atoms with Crippen LogP contribution in [0.5, 0.6) is 0 Å². The van der Waals surface area contributed by atoms with Crippen LogP contribution in [0.15, 0.2) is 0 Å². The molecule has 1 aromatic rings. The van der Waals surface area contributed by atoms with Gasteiger partial charge in [0.15, 0.2) is 5.69 Å². The summed E-state index contributed by atoms with van der Waals surface area (Å²) >= 11 is 0. The van der Waals surface area contributed by atoms with Gasteiger partial charge in [-0.05, 0) is 12.8 Å². The van der Waals surface area contributed by atoms with E-state index in [2.05, 4.69) is 16.1 Å². The maximum atomic E-state index is 12.1. The van der Waals surface area contributed by atoms with Crippen LogP contribution in [0, 0.1) is 12.3 Å². The van der Waals surface area contributed by atoms with Crippen molar-refractivity contribution in [2.24, 2.45) is 0 Å². The first-order valence-corrected chi connectivity index (χ1v) is 5.71. The van der Waals surface area contributed by atoms with E-state index in [9.17, 15) is 4.79 Å². The highest BCUT2D eigenvalue weighted by Crippen LogP contribution is 2.16. The summed E-state index contributed by atoms with van der Waals surface area (Å²) in [5.74, 6) is 2.26. The number of carbonyl (C=O) groups excluding carboxylic acids is 1. The van der Waals surface area contributed by atoms with Crippen LogP contribution in [0.2, 0.25) is 0 Å². The average molecular weight is 234 g/mol. The Hall–Kier alpha value is -1.96. The Balaban J connectivity index is 2.93. The molecule has 0 saturated heterocycles. The molecule has 0 fully saturated rings. The van der Waals surface area contributed by atoms with Gasteiger partial charge in [-0.3, -0.25) is 9.89 Å². The van der Waals surface area contributed by atoms with Gasteiger partial charge < -0.3 is 10.6 Å². The van der Waals surface area contributed by atoms with Crippen LogP contribution in [-0.2, 0) is 6.42 Å². The summed E-state index contributed by atoms with van der Waals surface area (Å²) < 4.78 is 0. The number of hydrogen-bond donors (Lipinski definition) is 2. The number of H-pyrrole nitrogens is 1. The molecular weight excluding hydrogens is 216 g/mol. The number of rotatable bonds is 5. The van der Waals surface area contributed by atoms with Crippen LogP contribution in [0.25, 0.3) is 0 Å². The fourth-order valence-electron chi connectivity index (χ4n) is 1.60. The lowest BCUT2D eigenvalue weighted by molar-refractivity contribution is 0.0772. The number of anilines is 1. The summed E-state index contributed by atoms with van der Waals surface area (Å²) in [6.45, 7) is 4.82. The molecule has 17 heavy (non-hydrogen) atoms. The lowest BCUT2D eigenvalue weighted by Gasteiger charge is -2.18. The van der Waals surface area contributed by atoms with Crippen LogP contribution >= 0.6 is 0 Å². The van der Waals surface area contributed by atoms with Crippen molar-refractivity contribution in [2.75, 3.05) is 18.8 Å². The monoisotopic (exact) mass is 234 g/mol. The number of aromatic nitrogens is 2. The van der Waals surface area contributed by atoms with Gasteiger partial charge in [-0.2, -0.15) is 5.10 Å². The van der Waals surface area contributed by atoms with E-state index in [4.69, 9.17) is 12.2 Å². The zero-order valence-electron chi connectivity index (χ0n) is 10.3. The fourth-order valence-corrected chi connectivity index (χ4v) is 1.60. The lowest BCUT2D eigenvalue weighted by atomic mass is 10.2. The maximum absolute atomic E-state index is 12.1. The van der Waals surface area contributed by atoms with Crippen molar-refractivity contribution in [1.29, 1.82) is 0 Å². The molecule has 0 aliphatic carbocycles. The van der Waals surface area contributed by atoms with E-state index in [1.165, 1.54) is 0 Å². The van der Waals surface area contributed by atoms with E-state index in [-0.39, 0.29) is 18.1 Å². The molecule has 92 valence electrons. The van der Waals surface area contributed by atoms with Gasteiger partial charge in [-0.15, -0.1) is 6.42 Å². The summed E-state index contributed by atoms with van der Waals surface area (Å²) in [5.41, 5.74) is 7.33. The van der Waals surface area contributed by atoms with Gasteiger partial charge in [-0.1, -0.05) is 19.8 Å². The number of aromatic amines is 1. The van der Waals surface area contributed by atoms with Crippen molar-refractivity contribution in [3.63, 3.8) is 0 Å². The molecule has 0 aliphatic rings. The summed E-state index contributed by atoms with van der Waals surface area (Å²) in [7, 11) is 0. The minimum Gasteiger partial charge on any atom is -0.395 e. The Kier molecular flexibility index (Phi) is 4.58. The van der Waals surface area contributed by atoms with Crippen molar-refractivity contribution in [2.45, 2.75) is 26.7 Å². The Morgan fingerprint density at radius 1 is 1.59 bits per heavy atom. The quantitative estimate of drug-likeness (QED) is 0.747. The van der Waals surface area contributed by atoms with Crippen LogP contribution in [0.1, 0.15) is 36.5 Å². The Morgan fingerprint density at radius 3 is 2.76 bits per heavy atom. The Labute approximate surface area is 101 Å². The molecule has 0 bridgehead atoms. The minimum absolute atomic E-state index is 0.210. The molecule has 0 aliphatic heterocycles. The Bertz CT molecular complexity index is 430. The smallest absolute Gasteiger partial charge is 0.277 e. The summed E-state index contributed by atoms with van der Waals surface area (Å²) in [5, 5.41) is 6.73. The highest BCUT2D eigenvalue weighted by atomic mass is 16.2. The van der Waals surface area contributed by atoms with Crippen LogP contribution in [0.3, 0.4) is 0 Å². The number of nitrogens with zero attached hydrogens (tertiary/aromatic N) is 2. The number of nitrogens with two attached hydrogens (primary N) is 1. The number of nitrogens with one attached hydrogen (secondary N) is 1. The molecule has 1 amide bonds. The van der Waals surface area contributed by atoms with E-state index in [0.717, 1.165) is 18.5 Å². The SMILES string of the molecule is C#CCN(CCC)C(=O)c1n[nH]c(CC)c1N. The van der Waals surface area contributed by atoms with E-state index in [0.29, 0.717) is 12.2 Å². The zero-order chi connectivity index (χ0) is 12.8. The second-order valence-corrected chi connectivity index (χ2v) is 3.75. The number of carbonyl (C=O) groups is 1. The molecule has 0 aromatic carbocycles. The van der Waals surface area contributed by atoms with Crippen LogP contribution in [0.4, 0.5) is 5.69 Å². The Morgan fingerprint density at radius 2 is 2.29 bits per heavy atom. The van der Waals surface area contributed by atoms with E-state index >= 15 is 0 Å².